The largest absolute Gasteiger partial charge is 0.464 e. The maximum absolute atomic E-state index is 11.9. The molecular formula is C15H17NO3S. The van der Waals surface area contributed by atoms with Gasteiger partial charge in [-0.15, -0.1) is 11.3 Å². The third-order valence-corrected chi connectivity index (χ3v) is 3.95. The van der Waals surface area contributed by atoms with Crippen molar-refractivity contribution in [3.63, 3.8) is 0 Å². The quantitative estimate of drug-likeness (QED) is 0.861. The molecule has 0 saturated carbocycles. The zero-order chi connectivity index (χ0) is 14.5. The van der Waals surface area contributed by atoms with E-state index in [0.29, 0.717) is 13.0 Å². The van der Waals surface area contributed by atoms with Crippen LogP contribution in [0.5, 0.6) is 0 Å². The summed E-state index contributed by atoms with van der Waals surface area (Å²) < 4.78 is 6.19. The summed E-state index contributed by atoms with van der Waals surface area (Å²) in [6, 6.07) is 7.39. The second-order valence-electron chi connectivity index (χ2n) is 4.47. The first-order chi connectivity index (χ1) is 9.61. The average molecular weight is 291 g/mol. The first-order valence-electron chi connectivity index (χ1n) is 6.50. The second-order valence-corrected chi connectivity index (χ2v) is 5.38. The summed E-state index contributed by atoms with van der Waals surface area (Å²) in [5.74, 6) is -0.624. The van der Waals surface area contributed by atoms with Crippen molar-refractivity contribution in [3.05, 3.63) is 35.2 Å². The van der Waals surface area contributed by atoms with Gasteiger partial charge in [0.2, 0.25) is 5.91 Å². The number of fused-ring (bicyclic) bond motifs is 1. The van der Waals surface area contributed by atoms with Crippen LogP contribution in [-0.2, 0) is 20.7 Å². The van der Waals surface area contributed by atoms with Gasteiger partial charge < -0.3 is 10.1 Å². The van der Waals surface area contributed by atoms with Gasteiger partial charge in [-0.25, -0.2) is 4.79 Å². The van der Waals surface area contributed by atoms with Gasteiger partial charge in [0.05, 0.1) is 6.61 Å². The fourth-order valence-electron chi connectivity index (χ4n) is 2.09. The second kappa shape index (κ2) is 6.52. The molecule has 4 nitrogen and oxygen atoms in total. The molecule has 0 bridgehead atoms. The Morgan fingerprint density at radius 1 is 1.35 bits per heavy atom. The standard InChI is InChI=1S/C15H17NO3S/c1-3-19-15(18)13(16-10(2)17)8-11-9-20-14-7-5-4-6-12(11)14/h4-7,9,13H,3,8H2,1-2H3,(H,16,17)/t13-/m0/s1. The first kappa shape index (κ1) is 14.5. The van der Waals surface area contributed by atoms with E-state index in [2.05, 4.69) is 5.32 Å². The summed E-state index contributed by atoms with van der Waals surface area (Å²) in [7, 11) is 0. The summed E-state index contributed by atoms with van der Waals surface area (Å²) in [5.41, 5.74) is 1.05. The Morgan fingerprint density at radius 3 is 2.80 bits per heavy atom. The van der Waals surface area contributed by atoms with Gasteiger partial charge in [-0.2, -0.15) is 0 Å². The Labute approximate surface area is 121 Å². The number of hydrogen-bond donors (Lipinski definition) is 1. The molecule has 0 fully saturated rings. The molecule has 2 aromatic rings. The van der Waals surface area contributed by atoms with Crippen LogP contribution in [0.15, 0.2) is 29.6 Å². The zero-order valence-corrected chi connectivity index (χ0v) is 12.3. The summed E-state index contributed by atoms with van der Waals surface area (Å²) in [6.45, 7) is 3.46. The van der Waals surface area contributed by atoms with Gasteiger partial charge in [-0.1, -0.05) is 18.2 Å². The Kier molecular flexibility index (Phi) is 4.74. The van der Waals surface area contributed by atoms with Crippen LogP contribution in [0, 0.1) is 0 Å². The van der Waals surface area contributed by atoms with E-state index in [1.807, 2.05) is 29.6 Å². The van der Waals surface area contributed by atoms with Crippen LogP contribution in [-0.4, -0.2) is 24.5 Å². The van der Waals surface area contributed by atoms with Gasteiger partial charge in [-0.3, -0.25) is 4.79 Å². The number of carbonyl (C=O) groups is 2. The van der Waals surface area contributed by atoms with Crippen molar-refractivity contribution in [2.45, 2.75) is 26.3 Å². The van der Waals surface area contributed by atoms with E-state index in [0.717, 1.165) is 10.9 Å². The van der Waals surface area contributed by atoms with Crippen LogP contribution < -0.4 is 5.32 Å². The van der Waals surface area contributed by atoms with Crippen LogP contribution in [0.25, 0.3) is 10.1 Å². The van der Waals surface area contributed by atoms with Gasteiger partial charge in [0.15, 0.2) is 0 Å². The number of nitrogens with one attached hydrogen (secondary N) is 1. The maximum atomic E-state index is 11.9. The lowest BCUT2D eigenvalue weighted by Gasteiger charge is -2.16. The molecule has 0 unspecified atom stereocenters. The van der Waals surface area contributed by atoms with E-state index in [9.17, 15) is 9.59 Å². The molecule has 106 valence electrons. The number of amides is 1. The third kappa shape index (κ3) is 3.36. The molecule has 0 saturated heterocycles. The number of esters is 1. The lowest BCUT2D eigenvalue weighted by Crippen LogP contribution is -2.42. The molecule has 1 atom stereocenters. The molecule has 1 aromatic carbocycles. The van der Waals surface area contributed by atoms with Crippen molar-refractivity contribution < 1.29 is 14.3 Å². The van der Waals surface area contributed by atoms with Gasteiger partial charge >= 0.3 is 5.97 Å². The minimum absolute atomic E-state index is 0.234. The van der Waals surface area contributed by atoms with E-state index in [1.165, 1.54) is 11.6 Å². The molecule has 5 heteroatoms. The highest BCUT2D eigenvalue weighted by Crippen LogP contribution is 2.26. The molecule has 0 spiro atoms. The van der Waals surface area contributed by atoms with E-state index in [4.69, 9.17) is 4.74 Å². The highest BCUT2D eigenvalue weighted by atomic mass is 32.1. The fourth-order valence-corrected chi connectivity index (χ4v) is 3.07. The lowest BCUT2D eigenvalue weighted by molar-refractivity contribution is -0.147. The van der Waals surface area contributed by atoms with E-state index >= 15 is 0 Å². The van der Waals surface area contributed by atoms with Crippen molar-refractivity contribution in [3.8, 4) is 0 Å². The molecule has 20 heavy (non-hydrogen) atoms. The SMILES string of the molecule is CCOC(=O)[C@H](Cc1csc2ccccc12)NC(C)=O. The lowest BCUT2D eigenvalue weighted by atomic mass is 10.0. The highest BCUT2D eigenvalue weighted by Gasteiger charge is 2.22. The highest BCUT2D eigenvalue weighted by molar-refractivity contribution is 7.17. The molecule has 1 N–H and O–H groups in total. The number of thiophene rings is 1. The molecule has 0 aliphatic heterocycles. The van der Waals surface area contributed by atoms with Crippen LogP contribution in [0.4, 0.5) is 0 Å². The average Bonchev–Trinajstić information content (AvgIpc) is 2.81. The molecule has 1 aromatic heterocycles. The monoisotopic (exact) mass is 291 g/mol. The fraction of sp³-hybridized carbons (Fsp3) is 0.333. The minimum Gasteiger partial charge on any atom is -0.464 e. The van der Waals surface area contributed by atoms with Gasteiger partial charge in [0, 0.05) is 18.0 Å². The third-order valence-electron chi connectivity index (χ3n) is 2.93. The molecule has 0 aliphatic rings. The predicted octanol–water partition coefficient (Wildman–Crippen LogP) is 2.51. The summed E-state index contributed by atoms with van der Waals surface area (Å²) >= 11 is 1.64. The van der Waals surface area contributed by atoms with Gasteiger partial charge in [-0.05, 0) is 29.3 Å². The van der Waals surface area contributed by atoms with Crippen molar-refractivity contribution in [2.75, 3.05) is 6.61 Å². The van der Waals surface area contributed by atoms with Crippen molar-refractivity contribution in [1.29, 1.82) is 0 Å². The van der Waals surface area contributed by atoms with E-state index < -0.39 is 12.0 Å². The molecule has 1 amide bonds. The smallest absolute Gasteiger partial charge is 0.328 e. The molecule has 0 aliphatic carbocycles. The Morgan fingerprint density at radius 2 is 2.10 bits per heavy atom. The van der Waals surface area contributed by atoms with Crippen molar-refractivity contribution in [2.24, 2.45) is 0 Å². The molecule has 1 heterocycles. The Bertz CT molecular complexity index is 620. The number of ether oxygens (including phenoxy) is 1. The number of hydrogen-bond acceptors (Lipinski definition) is 4. The van der Waals surface area contributed by atoms with Crippen LogP contribution >= 0.6 is 11.3 Å². The number of benzene rings is 1. The normalized spacial score (nSPS) is 12.1. The van der Waals surface area contributed by atoms with Crippen LogP contribution in [0.1, 0.15) is 19.4 Å². The summed E-state index contributed by atoms with van der Waals surface area (Å²) in [6.07, 6.45) is 0.447. The minimum atomic E-state index is -0.634. The molecular weight excluding hydrogens is 274 g/mol. The van der Waals surface area contributed by atoms with Crippen molar-refractivity contribution in [1.82, 2.24) is 5.32 Å². The Hall–Kier alpha value is -1.88. The summed E-state index contributed by atoms with van der Waals surface area (Å²) in [5, 5.41) is 5.81. The van der Waals surface area contributed by atoms with E-state index in [-0.39, 0.29) is 5.91 Å². The maximum Gasteiger partial charge on any atom is 0.328 e. The van der Waals surface area contributed by atoms with Crippen LogP contribution in [0.3, 0.4) is 0 Å². The summed E-state index contributed by atoms with van der Waals surface area (Å²) in [4.78, 5) is 23.1. The number of rotatable bonds is 5. The number of carbonyl (C=O) groups excluding carboxylic acids is 2. The zero-order valence-electron chi connectivity index (χ0n) is 11.5. The van der Waals surface area contributed by atoms with Gasteiger partial charge in [0.25, 0.3) is 0 Å². The Balaban J connectivity index is 2.22. The van der Waals surface area contributed by atoms with E-state index in [1.54, 1.807) is 18.3 Å². The van der Waals surface area contributed by atoms with Crippen LogP contribution in [0.2, 0.25) is 0 Å². The molecule has 2 rings (SSSR count). The van der Waals surface area contributed by atoms with Gasteiger partial charge in [0.1, 0.15) is 6.04 Å². The topological polar surface area (TPSA) is 55.4 Å². The first-order valence-corrected chi connectivity index (χ1v) is 7.38. The predicted molar refractivity (Wildman–Crippen MR) is 79.8 cm³/mol. The molecule has 0 radical (unpaired) electrons. The van der Waals surface area contributed by atoms with Crippen molar-refractivity contribution >= 4 is 33.3 Å².